The van der Waals surface area contributed by atoms with E-state index >= 15 is 0 Å². The first-order valence-corrected chi connectivity index (χ1v) is 6.18. The van der Waals surface area contributed by atoms with E-state index in [1.165, 1.54) is 0 Å². The van der Waals surface area contributed by atoms with Crippen molar-refractivity contribution in [2.75, 3.05) is 11.1 Å². The van der Waals surface area contributed by atoms with Gasteiger partial charge in [-0.1, -0.05) is 27.5 Å². The van der Waals surface area contributed by atoms with Crippen molar-refractivity contribution in [1.29, 1.82) is 0 Å². The molecule has 0 spiro atoms. The van der Waals surface area contributed by atoms with E-state index in [2.05, 4.69) is 26.2 Å². The second-order valence-electron chi connectivity index (χ2n) is 3.62. The Balaban J connectivity index is 2.31. The lowest BCUT2D eigenvalue weighted by molar-refractivity contribution is 1.21. The number of anilines is 3. The lowest BCUT2D eigenvalue weighted by Crippen LogP contribution is -1.98. The van der Waals surface area contributed by atoms with Gasteiger partial charge >= 0.3 is 0 Å². The van der Waals surface area contributed by atoms with Crippen LogP contribution in [0.3, 0.4) is 0 Å². The van der Waals surface area contributed by atoms with E-state index < -0.39 is 0 Å². The van der Waals surface area contributed by atoms with Crippen LogP contribution in [0.25, 0.3) is 0 Å². The number of pyridine rings is 1. The Labute approximate surface area is 113 Å². The van der Waals surface area contributed by atoms with Gasteiger partial charge in [-0.2, -0.15) is 0 Å². The monoisotopic (exact) mass is 311 g/mol. The van der Waals surface area contributed by atoms with Gasteiger partial charge in [-0.25, -0.2) is 4.98 Å². The average molecular weight is 313 g/mol. The number of nitrogen functional groups attached to an aromatic ring is 1. The van der Waals surface area contributed by atoms with Crippen LogP contribution in [0.4, 0.5) is 17.2 Å². The molecule has 3 N–H and O–H groups in total. The minimum absolute atomic E-state index is 0.509. The Morgan fingerprint density at radius 3 is 2.59 bits per heavy atom. The molecule has 0 amide bonds. The number of nitrogens with one attached hydrogen (secondary N) is 1. The summed E-state index contributed by atoms with van der Waals surface area (Å²) in [4.78, 5) is 4.18. The van der Waals surface area contributed by atoms with Crippen LogP contribution in [0, 0.1) is 6.92 Å². The molecular formula is C12H11BrClN3. The molecule has 0 saturated carbocycles. The number of aromatic nitrogens is 1. The van der Waals surface area contributed by atoms with Gasteiger partial charge < -0.3 is 11.1 Å². The fraction of sp³-hybridized carbons (Fsp3) is 0.0833. The quantitative estimate of drug-likeness (QED) is 0.876. The Bertz CT molecular complexity index is 508. The summed E-state index contributed by atoms with van der Waals surface area (Å²) in [5.74, 6) is 0.509. The maximum absolute atomic E-state index is 6.13. The molecule has 0 aliphatic heterocycles. The Morgan fingerprint density at radius 1 is 1.24 bits per heavy atom. The summed E-state index contributed by atoms with van der Waals surface area (Å²) in [5, 5.41) is 3.87. The van der Waals surface area contributed by atoms with Crippen LogP contribution in [0.5, 0.6) is 0 Å². The highest BCUT2D eigenvalue weighted by Crippen LogP contribution is 2.29. The predicted molar refractivity (Wildman–Crippen MR) is 75.8 cm³/mol. The van der Waals surface area contributed by atoms with Crippen LogP contribution in [-0.4, -0.2) is 4.98 Å². The molecule has 0 fully saturated rings. The third-order valence-corrected chi connectivity index (χ3v) is 3.11. The van der Waals surface area contributed by atoms with Gasteiger partial charge in [0.2, 0.25) is 0 Å². The van der Waals surface area contributed by atoms with Gasteiger partial charge in [-0.15, -0.1) is 0 Å². The van der Waals surface area contributed by atoms with Crippen LogP contribution >= 0.6 is 27.5 Å². The first kappa shape index (κ1) is 12.2. The van der Waals surface area contributed by atoms with Crippen molar-refractivity contribution >= 4 is 44.7 Å². The molecule has 1 aromatic carbocycles. The molecule has 0 saturated heterocycles. The van der Waals surface area contributed by atoms with Crippen LogP contribution in [0.1, 0.15) is 5.69 Å². The number of aryl methyl sites for hydroxylation is 1. The van der Waals surface area contributed by atoms with Crippen molar-refractivity contribution in [1.82, 2.24) is 4.98 Å². The molecule has 3 nitrogen and oxygen atoms in total. The summed E-state index contributed by atoms with van der Waals surface area (Å²) in [5.41, 5.74) is 8.17. The van der Waals surface area contributed by atoms with E-state index in [0.29, 0.717) is 10.8 Å². The molecule has 2 rings (SSSR count). The summed E-state index contributed by atoms with van der Waals surface area (Å²) in [6.07, 6.45) is 0. The molecule has 0 radical (unpaired) electrons. The molecule has 0 bridgehead atoms. The van der Waals surface area contributed by atoms with E-state index in [1.807, 2.05) is 31.2 Å². The lowest BCUT2D eigenvalue weighted by atomic mass is 10.2. The number of halogens is 2. The van der Waals surface area contributed by atoms with Gasteiger partial charge in [-0.3, -0.25) is 0 Å². The van der Waals surface area contributed by atoms with Crippen LogP contribution < -0.4 is 11.1 Å². The zero-order chi connectivity index (χ0) is 12.4. The normalized spacial score (nSPS) is 10.3. The number of nitrogens with two attached hydrogens (primary N) is 1. The van der Waals surface area contributed by atoms with E-state index in [-0.39, 0.29) is 0 Å². The Hall–Kier alpha value is -1.26. The van der Waals surface area contributed by atoms with Crippen molar-refractivity contribution < 1.29 is 0 Å². The van der Waals surface area contributed by atoms with Crippen molar-refractivity contribution in [2.24, 2.45) is 0 Å². The molecule has 2 aromatic rings. The van der Waals surface area contributed by atoms with Gasteiger partial charge in [0, 0.05) is 4.47 Å². The second-order valence-corrected chi connectivity index (χ2v) is 4.94. The zero-order valence-electron chi connectivity index (χ0n) is 9.17. The third-order valence-electron chi connectivity index (χ3n) is 2.31. The molecule has 0 atom stereocenters. The molecule has 0 aliphatic rings. The molecule has 88 valence electrons. The zero-order valence-corrected chi connectivity index (χ0v) is 11.5. The van der Waals surface area contributed by atoms with Crippen LogP contribution in [0.2, 0.25) is 5.02 Å². The summed E-state index contributed by atoms with van der Waals surface area (Å²) < 4.78 is 0.945. The Kier molecular flexibility index (Phi) is 3.54. The molecular weight excluding hydrogens is 302 g/mol. The third kappa shape index (κ3) is 2.90. The smallest absolute Gasteiger partial charge is 0.123 e. The van der Waals surface area contributed by atoms with Gasteiger partial charge in [0.25, 0.3) is 0 Å². The van der Waals surface area contributed by atoms with Crippen molar-refractivity contribution in [3.63, 3.8) is 0 Å². The molecule has 1 heterocycles. The van der Waals surface area contributed by atoms with E-state index in [9.17, 15) is 0 Å². The summed E-state index contributed by atoms with van der Waals surface area (Å²) in [6.45, 7) is 1.89. The summed E-state index contributed by atoms with van der Waals surface area (Å²) in [6, 6.07) is 9.30. The number of benzene rings is 1. The van der Waals surface area contributed by atoms with Crippen molar-refractivity contribution in [3.05, 3.63) is 45.5 Å². The molecule has 1 aromatic heterocycles. The van der Waals surface area contributed by atoms with Crippen LogP contribution in [-0.2, 0) is 0 Å². The maximum Gasteiger partial charge on any atom is 0.123 e. The SMILES string of the molecule is Cc1nc(N)ccc1Nc1ccc(Br)cc1Cl. The van der Waals surface area contributed by atoms with E-state index in [1.54, 1.807) is 6.07 Å². The maximum atomic E-state index is 6.13. The van der Waals surface area contributed by atoms with Gasteiger partial charge in [0.05, 0.1) is 22.1 Å². The van der Waals surface area contributed by atoms with E-state index in [4.69, 9.17) is 17.3 Å². The molecule has 5 heteroatoms. The average Bonchev–Trinajstić information content (AvgIpc) is 2.25. The number of nitrogens with zero attached hydrogens (tertiary/aromatic N) is 1. The van der Waals surface area contributed by atoms with Crippen LogP contribution in [0.15, 0.2) is 34.8 Å². The molecule has 0 unspecified atom stereocenters. The summed E-state index contributed by atoms with van der Waals surface area (Å²) >= 11 is 9.49. The van der Waals surface area contributed by atoms with Crippen molar-refractivity contribution in [3.8, 4) is 0 Å². The van der Waals surface area contributed by atoms with Crippen molar-refractivity contribution in [2.45, 2.75) is 6.92 Å². The highest BCUT2D eigenvalue weighted by Gasteiger charge is 2.04. The minimum Gasteiger partial charge on any atom is -0.384 e. The second kappa shape index (κ2) is 4.94. The molecule has 17 heavy (non-hydrogen) atoms. The fourth-order valence-corrected chi connectivity index (χ4v) is 2.17. The predicted octanol–water partition coefficient (Wildman–Crippen LogP) is 4.13. The Morgan fingerprint density at radius 2 is 1.94 bits per heavy atom. The largest absolute Gasteiger partial charge is 0.384 e. The number of rotatable bonds is 2. The summed E-state index contributed by atoms with van der Waals surface area (Å²) in [7, 11) is 0. The topological polar surface area (TPSA) is 50.9 Å². The first-order valence-electron chi connectivity index (χ1n) is 5.01. The highest BCUT2D eigenvalue weighted by atomic mass is 79.9. The first-order chi connectivity index (χ1) is 8.06. The minimum atomic E-state index is 0.509. The number of hydrogen-bond acceptors (Lipinski definition) is 3. The fourth-order valence-electron chi connectivity index (χ4n) is 1.45. The van der Waals surface area contributed by atoms with E-state index in [0.717, 1.165) is 21.5 Å². The van der Waals surface area contributed by atoms with Gasteiger partial charge in [-0.05, 0) is 37.3 Å². The molecule has 0 aliphatic carbocycles. The standard InChI is InChI=1S/C12H11BrClN3/c1-7-10(4-5-12(15)16-7)17-11-3-2-8(13)6-9(11)14/h2-6,17H,1H3,(H2,15,16). The highest BCUT2D eigenvalue weighted by molar-refractivity contribution is 9.10. The lowest BCUT2D eigenvalue weighted by Gasteiger charge is -2.11. The van der Waals surface area contributed by atoms with Gasteiger partial charge in [0.1, 0.15) is 5.82 Å². The van der Waals surface area contributed by atoms with Gasteiger partial charge in [0.15, 0.2) is 0 Å². The number of hydrogen-bond donors (Lipinski definition) is 2.